The minimum Gasteiger partial charge on any atom is -0.309 e. The van der Waals surface area contributed by atoms with Crippen molar-refractivity contribution in [1.29, 1.82) is 0 Å². The van der Waals surface area contributed by atoms with E-state index in [0.717, 1.165) is 22.1 Å². The monoisotopic (exact) mass is 403 g/mol. The summed E-state index contributed by atoms with van der Waals surface area (Å²) in [7, 11) is 0. The van der Waals surface area contributed by atoms with Gasteiger partial charge in [0.1, 0.15) is 5.82 Å². The number of aromatic amines is 1. The minimum atomic E-state index is -0.133. The molecule has 0 radical (unpaired) electrons. The number of aryl methyl sites for hydroxylation is 1. The lowest BCUT2D eigenvalue weighted by Crippen LogP contribution is -2.13. The van der Waals surface area contributed by atoms with Crippen molar-refractivity contribution in [3.8, 4) is 11.4 Å². The van der Waals surface area contributed by atoms with Crippen molar-refractivity contribution in [2.24, 2.45) is 0 Å². The van der Waals surface area contributed by atoms with Gasteiger partial charge in [-0.3, -0.25) is 9.36 Å². The van der Waals surface area contributed by atoms with Crippen LogP contribution < -0.4 is 5.56 Å². The number of nitrogens with zero attached hydrogens (tertiary/aromatic N) is 4. The van der Waals surface area contributed by atoms with Crippen LogP contribution in [0.25, 0.3) is 22.3 Å². The number of benzene rings is 2. The first kappa shape index (κ1) is 19.1. The molecule has 1 N–H and O–H groups in total. The fourth-order valence-electron chi connectivity index (χ4n) is 3.18. The van der Waals surface area contributed by atoms with E-state index in [2.05, 4.69) is 45.8 Å². The third-order valence-corrected chi connectivity index (χ3v) is 5.69. The number of thioether (sulfide) groups is 1. The molecule has 2 heterocycles. The molecule has 4 aromatic rings. The molecule has 0 aliphatic carbocycles. The summed E-state index contributed by atoms with van der Waals surface area (Å²) < 4.78 is 2.03. The van der Waals surface area contributed by atoms with E-state index in [1.54, 1.807) is 6.07 Å². The van der Waals surface area contributed by atoms with Crippen molar-refractivity contribution in [2.45, 2.75) is 30.8 Å². The van der Waals surface area contributed by atoms with Crippen LogP contribution in [0.2, 0.25) is 0 Å². The average Bonchev–Trinajstić information content (AvgIpc) is 3.10. The highest BCUT2D eigenvalue weighted by atomic mass is 32.2. The van der Waals surface area contributed by atoms with Gasteiger partial charge < -0.3 is 4.98 Å². The Kier molecular flexibility index (Phi) is 5.31. The van der Waals surface area contributed by atoms with Crippen LogP contribution in [0.1, 0.15) is 23.6 Å². The van der Waals surface area contributed by atoms with Crippen molar-refractivity contribution >= 4 is 22.7 Å². The van der Waals surface area contributed by atoms with Gasteiger partial charge in [0, 0.05) is 12.1 Å². The summed E-state index contributed by atoms with van der Waals surface area (Å²) in [4.78, 5) is 19.9. The second kappa shape index (κ2) is 8.05. The van der Waals surface area contributed by atoms with Crippen LogP contribution in [0.3, 0.4) is 0 Å². The SMILES string of the molecule is C=CCn1c(SC(C)c2nc3ccccc3c(=O)[nH]2)nnc1-c1cccc(C)c1. The Balaban J connectivity index is 1.69. The zero-order valence-corrected chi connectivity index (χ0v) is 17.1. The van der Waals surface area contributed by atoms with E-state index in [0.29, 0.717) is 23.3 Å². The van der Waals surface area contributed by atoms with Crippen molar-refractivity contribution in [2.75, 3.05) is 0 Å². The first-order valence-electron chi connectivity index (χ1n) is 9.33. The van der Waals surface area contributed by atoms with Crippen LogP contribution in [0.4, 0.5) is 0 Å². The smallest absolute Gasteiger partial charge is 0.258 e. The molecule has 0 aliphatic rings. The molecule has 0 aliphatic heterocycles. The Morgan fingerprint density at radius 1 is 1.21 bits per heavy atom. The van der Waals surface area contributed by atoms with E-state index in [1.807, 2.05) is 47.9 Å². The van der Waals surface area contributed by atoms with E-state index in [4.69, 9.17) is 0 Å². The Morgan fingerprint density at radius 2 is 2.03 bits per heavy atom. The Labute approximate surface area is 172 Å². The maximum atomic E-state index is 12.4. The number of fused-ring (bicyclic) bond motifs is 1. The second-order valence-corrected chi connectivity index (χ2v) is 8.11. The molecule has 1 unspecified atom stereocenters. The van der Waals surface area contributed by atoms with Crippen LogP contribution in [-0.4, -0.2) is 24.7 Å². The van der Waals surface area contributed by atoms with E-state index in [1.165, 1.54) is 11.8 Å². The zero-order chi connectivity index (χ0) is 20.4. The van der Waals surface area contributed by atoms with E-state index >= 15 is 0 Å². The second-order valence-electron chi connectivity index (χ2n) is 6.80. The summed E-state index contributed by atoms with van der Waals surface area (Å²) in [6.45, 7) is 8.51. The number of hydrogen-bond donors (Lipinski definition) is 1. The number of allylic oxidation sites excluding steroid dienone is 1. The Morgan fingerprint density at radius 3 is 2.83 bits per heavy atom. The highest BCUT2D eigenvalue weighted by molar-refractivity contribution is 7.99. The lowest BCUT2D eigenvalue weighted by Gasteiger charge is -2.12. The van der Waals surface area contributed by atoms with Gasteiger partial charge in [-0.15, -0.1) is 16.8 Å². The van der Waals surface area contributed by atoms with Gasteiger partial charge in [-0.05, 0) is 32.0 Å². The average molecular weight is 404 g/mol. The standard InChI is InChI=1S/C22H21N5OS/c1-4-12-27-20(16-9-7-8-14(2)13-16)25-26-22(27)29-15(3)19-23-18-11-6-5-10-17(18)21(28)24-19/h4-11,13,15H,1,12H2,2-3H3,(H,23,24,28). The van der Waals surface area contributed by atoms with Gasteiger partial charge in [-0.25, -0.2) is 4.98 Å². The molecule has 4 rings (SSSR count). The Hall–Kier alpha value is -3.19. The molecule has 0 saturated carbocycles. The van der Waals surface area contributed by atoms with Gasteiger partial charge in [0.05, 0.1) is 16.2 Å². The van der Waals surface area contributed by atoms with Gasteiger partial charge in [0.2, 0.25) is 0 Å². The topological polar surface area (TPSA) is 76.5 Å². The summed E-state index contributed by atoms with van der Waals surface area (Å²) in [5.74, 6) is 1.41. The third-order valence-electron chi connectivity index (χ3n) is 4.60. The van der Waals surface area contributed by atoms with Crippen molar-refractivity contribution in [3.63, 3.8) is 0 Å². The van der Waals surface area contributed by atoms with E-state index < -0.39 is 0 Å². The zero-order valence-electron chi connectivity index (χ0n) is 16.3. The van der Waals surface area contributed by atoms with Crippen LogP contribution >= 0.6 is 11.8 Å². The summed E-state index contributed by atoms with van der Waals surface area (Å²) >= 11 is 1.51. The lowest BCUT2D eigenvalue weighted by molar-refractivity contribution is 0.727. The molecular weight excluding hydrogens is 382 g/mol. The van der Waals surface area contributed by atoms with Crippen LogP contribution in [0.15, 0.2) is 71.1 Å². The first-order valence-corrected chi connectivity index (χ1v) is 10.2. The normalized spacial score (nSPS) is 12.2. The number of nitrogens with one attached hydrogen (secondary N) is 1. The molecule has 0 saturated heterocycles. The quantitative estimate of drug-likeness (QED) is 0.378. The van der Waals surface area contributed by atoms with Crippen molar-refractivity contribution < 1.29 is 0 Å². The molecular formula is C22H21N5OS. The summed E-state index contributed by atoms with van der Waals surface area (Å²) in [6.07, 6.45) is 1.83. The number of rotatable bonds is 6. The third kappa shape index (κ3) is 3.86. The van der Waals surface area contributed by atoms with Gasteiger partial charge in [0.15, 0.2) is 11.0 Å². The fourth-order valence-corrected chi connectivity index (χ4v) is 4.09. The molecule has 0 spiro atoms. The molecule has 2 aromatic heterocycles. The summed E-state index contributed by atoms with van der Waals surface area (Å²) in [5.41, 5.74) is 2.73. The predicted octanol–water partition coefficient (Wildman–Crippen LogP) is 4.53. The van der Waals surface area contributed by atoms with E-state index in [-0.39, 0.29) is 10.8 Å². The molecule has 0 amide bonds. The van der Waals surface area contributed by atoms with Crippen molar-refractivity contribution in [1.82, 2.24) is 24.7 Å². The molecule has 2 aromatic carbocycles. The summed E-state index contributed by atoms with van der Waals surface area (Å²) in [5, 5.41) is 10.0. The van der Waals surface area contributed by atoms with Gasteiger partial charge in [-0.2, -0.15) is 0 Å². The van der Waals surface area contributed by atoms with Crippen LogP contribution in [-0.2, 0) is 6.54 Å². The Bertz CT molecular complexity index is 1240. The maximum Gasteiger partial charge on any atom is 0.258 e. The van der Waals surface area contributed by atoms with Crippen LogP contribution in [0.5, 0.6) is 0 Å². The number of hydrogen-bond acceptors (Lipinski definition) is 5. The molecule has 0 fully saturated rings. The molecule has 1 atom stereocenters. The molecule has 0 bridgehead atoms. The molecule has 146 valence electrons. The number of H-pyrrole nitrogens is 1. The number of para-hydroxylation sites is 1. The van der Waals surface area contributed by atoms with Gasteiger partial charge in [0.25, 0.3) is 5.56 Å². The largest absolute Gasteiger partial charge is 0.309 e. The first-order chi connectivity index (χ1) is 14.1. The highest BCUT2D eigenvalue weighted by Crippen LogP contribution is 2.34. The van der Waals surface area contributed by atoms with Gasteiger partial charge in [-0.1, -0.05) is 53.7 Å². The molecule has 29 heavy (non-hydrogen) atoms. The molecule has 6 nitrogen and oxygen atoms in total. The maximum absolute atomic E-state index is 12.4. The lowest BCUT2D eigenvalue weighted by atomic mass is 10.1. The fraction of sp³-hybridized carbons (Fsp3) is 0.182. The minimum absolute atomic E-state index is 0.106. The highest BCUT2D eigenvalue weighted by Gasteiger charge is 2.19. The van der Waals surface area contributed by atoms with Crippen LogP contribution in [0, 0.1) is 6.92 Å². The van der Waals surface area contributed by atoms with Gasteiger partial charge >= 0.3 is 0 Å². The summed E-state index contributed by atoms with van der Waals surface area (Å²) in [6, 6.07) is 15.5. The number of aromatic nitrogens is 5. The predicted molar refractivity (Wildman–Crippen MR) is 117 cm³/mol. The molecule has 7 heteroatoms. The van der Waals surface area contributed by atoms with E-state index in [9.17, 15) is 4.79 Å². The van der Waals surface area contributed by atoms with Crippen molar-refractivity contribution in [3.05, 3.63) is 82.9 Å².